The number of alkyl halides is 2. The van der Waals surface area contributed by atoms with E-state index >= 15 is 0 Å². The van der Waals surface area contributed by atoms with Crippen LogP contribution in [0, 0.1) is 5.82 Å². The lowest BCUT2D eigenvalue weighted by atomic mass is 10.1. The fourth-order valence-corrected chi connectivity index (χ4v) is 3.23. The van der Waals surface area contributed by atoms with Gasteiger partial charge in [-0.05, 0) is 24.3 Å². The predicted octanol–water partition coefficient (Wildman–Crippen LogP) is 3.87. The van der Waals surface area contributed by atoms with Gasteiger partial charge in [0.1, 0.15) is 23.1 Å². The Hall–Kier alpha value is -3.60. The molecular formula is C21H20F3N5O3. The van der Waals surface area contributed by atoms with Crippen molar-refractivity contribution in [1.29, 1.82) is 0 Å². The average molecular weight is 447 g/mol. The molecule has 3 aromatic rings. The molecule has 0 bridgehead atoms. The molecule has 0 radical (unpaired) electrons. The third-order valence-electron chi connectivity index (χ3n) is 4.72. The molecular weight excluding hydrogens is 427 g/mol. The van der Waals surface area contributed by atoms with Crippen LogP contribution in [0.5, 0.6) is 11.6 Å². The molecule has 1 aliphatic rings. The minimum absolute atomic E-state index is 0.168. The number of anilines is 3. The molecule has 0 saturated carbocycles. The van der Waals surface area contributed by atoms with Crippen LogP contribution in [0.25, 0.3) is 11.1 Å². The molecule has 3 heterocycles. The molecule has 32 heavy (non-hydrogen) atoms. The maximum atomic E-state index is 14.5. The first kappa shape index (κ1) is 21.6. The van der Waals surface area contributed by atoms with E-state index in [1.54, 1.807) is 18.3 Å². The second-order valence-corrected chi connectivity index (χ2v) is 6.77. The summed E-state index contributed by atoms with van der Waals surface area (Å²) in [5, 5.41) is 3.13. The topological polar surface area (TPSA) is 81.6 Å². The summed E-state index contributed by atoms with van der Waals surface area (Å²) in [4.78, 5) is 15.1. The first-order valence-corrected chi connectivity index (χ1v) is 9.75. The quantitative estimate of drug-likeness (QED) is 0.585. The van der Waals surface area contributed by atoms with Crippen LogP contribution in [0.1, 0.15) is 0 Å². The highest BCUT2D eigenvalue weighted by Crippen LogP contribution is 2.33. The molecule has 8 nitrogen and oxygen atoms in total. The van der Waals surface area contributed by atoms with Crippen molar-refractivity contribution >= 4 is 17.5 Å². The SMILES string of the molecule is COc1ncc(-c2ccc(OC(F)F)cc2F)cc1Nc1ccnc(N2CCOCC2)n1. The van der Waals surface area contributed by atoms with E-state index in [2.05, 4.69) is 25.0 Å². The Labute approximate surface area is 182 Å². The molecule has 168 valence electrons. The van der Waals surface area contributed by atoms with Crippen molar-refractivity contribution in [3.8, 4) is 22.8 Å². The Bertz CT molecular complexity index is 1080. The monoisotopic (exact) mass is 447 g/mol. The second-order valence-electron chi connectivity index (χ2n) is 6.77. The number of hydrogen-bond acceptors (Lipinski definition) is 8. The summed E-state index contributed by atoms with van der Waals surface area (Å²) in [6.07, 6.45) is 3.06. The number of ether oxygens (including phenoxy) is 3. The van der Waals surface area contributed by atoms with Crippen LogP contribution in [0.3, 0.4) is 0 Å². The first-order valence-electron chi connectivity index (χ1n) is 9.75. The third kappa shape index (κ3) is 4.99. The highest BCUT2D eigenvalue weighted by Gasteiger charge is 2.16. The molecule has 1 aromatic carbocycles. The van der Waals surface area contributed by atoms with E-state index in [4.69, 9.17) is 9.47 Å². The second kappa shape index (κ2) is 9.69. The van der Waals surface area contributed by atoms with Crippen LogP contribution in [0.15, 0.2) is 42.7 Å². The molecule has 0 aliphatic carbocycles. The van der Waals surface area contributed by atoms with Gasteiger partial charge in [0.2, 0.25) is 11.8 Å². The van der Waals surface area contributed by atoms with Gasteiger partial charge in [0.25, 0.3) is 0 Å². The van der Waals surface area contributed by atoms with Crippen molar-refractivity contribution < 1.29 is 27.4 Å². The van der Waals surface area contributed by atoms with Crippen molar-refractivity contribution in [3.63, 3.8) is 0 Å². The van der Waals surface area contributed by atoms with Crippen molar-refractivity contribution in [2.45, 2.75) is 6.61 Å². The van der Waals surface area contributed by atoms with Crippen LogP contribution in [0.2, 0.25) is 0 Å². The number of benzene rings is 1. The summed E-state index contributed by atoms with van der Waals surface area (Å²) in [6, 6.07) is 6.84. The van der Waals surface area contributed by atoms with Gasteiger partial charge in [0.15, 0.2) is 0 Å². The predicted molar refractivity (Wildman–Crippen MR) is 111 cm³/mol. The standard InChI is InChI=1S/C21H20F3N5O3/c1-30-19-17(27-18-4-5-25-21(28-18)29-6-8-31-9-7-29)10-13(12-26-19)15-3-2-14(11-16(15)22)32-20(23)24/h2-5,10-12,20H,6-9H2,1H3,(H,25,27,28). The maximum Gasteiger partial charge on any atom is 0.387 e. The Morgan fingerprint density at radius 3 is 2.66 bits per heavy atom. The summed E-state index contributed by atoms with van der Waals surface area (Å²) in [5.41, 5.74) is 1.03. The van der Waals surface area contributed by atoms with Gasteiger partial charge in [0.05, 0.1) is 20.3 Å². The Morgan fingerprint density at radius 2 is 1.94 bits per heavy atom. The summed E-state index contributed by atoms with van der Waals surface area (Å²) in [7, 11) is 1.46. The molecule has 1 aliphatic heterocycles. The van der Waals surface area contributed by atoms with Crippen LogP contribution in [-0.4, -0.2) is 55.0 Å². The number of aromatic nitrogens is 3. The van der Waals surface area contributed by atoms with Crippen molar-refractivity contribution in [3.05, 3.63) is 48.5 Å². The zero-order chi connectivity index (χ0) is 22.5. The van der Waals surface area contributed by atoms with Crippen molar-refractivity contribution in [1.82, 2.24) is 15.0 Å². The number of halogens is 3. The summed E-state index contributed by atoms with van der Waals surface area (Å²) in [5.74, 6) is 0.343. The van der Waals surface area contributed by atoms with Gasteiger partial charge in [0, 0.05) is 42.7 Å². The largest absolute Gasteiger partial charge is 0.480 e. The van der Waals surface area contributed by atoms with E-state index in [1.165, 1.54) is 25.4 Å². The van der Waals surface area contributed by atoms with E-state index in [-0.39, 0.29) is 17.2 Å². The minimum Gasteiger partial charge on any atom is -0.480 e. The smallest absolute Gasteiger partial charge is 0.387 e. The number of hydrogen-bond donors (Lipinski definition) is 1. The molecule has 0 spiro atoms. The lowest BCUT2D eigenvalue weighted by molar-refractivity contribution is -0.0499. The number of morpholine rings is 1. The zero-order valence-corrected chi connectivity index (χ0v) is 17.1. The van der Waals surface area contributed by atoms with Crippen LogP contribution >= 0.6 is 0 Å². The summed E-state index contributed by atoms with van der Waals surface area (Å²) >= 11 is 0. The van der Waals surface area contributed by atoms with Crippen molar-refractivity contribution in [2.24, 2.45) is 0 Å². The minimum atomic E-state index is -3.03. The third-order valence-corrected chi connectivity index (χ3v) is 4.72. The summed E-state index contributed by atoms with van der Waals surface area (Å²) in [6.45, 7) is -0.446. The molecule has 0 unspecified atom stereocenters. The average Bonchev–Trinajstić information content (AvgIpc) is 2.79. The molecule has 4 rings (SSSR count). The van der Waals surface area contributed by atoms with E-state index in [1.807, 2.05) is 4.90 Å². The molecule has 0 amide bonds. The lowest BCUT2D eigenvalue weighted by Gasteiger charge is -2.26. The molecule has 1 fully saturated rings. The van der Waals surface area contributed by atoms with E-state index in [9.17, 15) is 13.2 Å². The van der Waals surface area contributed by atoms with Crippen LogP contribution in [-0.2, 0) is 4.74 Å². The van der Waals surface area contributed by atoms with Gasteiger partial charge < -0.3 is 24.4 Å². The number of methoxy groups -OCH3 is 1. The molecule has 0 atom stereocenters. The van der Waals surface area contributed by atoms with Gasteiger partial charge in [-0.1, -0.05) is 0 Å². The highest BCUT2D eigenvalue weighted by molar-refractivity contribution is 5.73. The van der Waals surface area contributed by atoms with Gasteiger partial charge in [-0.15, -0.1) is 0 Å². The molecule has 2 aromatic heterocycles. The van der Waals surface area contributed by atoms with Gasteiger partial charge in [-0.25, -0.2) is 14.4 Å². The van der Waals surface area contributed by atoms with Gasteiger partial charge >= 0.3 is 6.61 Å². The van der Waals surface area contributed by atoms with E-state index < -0.39 is 12.4 Å². The Kier molecular flexibility index (Phi) is 6.55. The number of rotatable bonds is 7. The van der Waals surface area contributed by atoms with Gasteiger partial charge in [-0.2, -0.15) is 13.8 Å². The van der Waals surface area contributed by atoms with Gasteiger partial charge in [-0.3, -0.25) is 0 Å². The molecule has 11 heteroatoms. The summed E-state index contributed by atoms with van der Waals surface area (Å²) < 4.78 is 54.2. The molecule has 1 N–H and O–H groups in total. The fraction of sp³-hybridized carbons (Fsp3) is 0.286. The Morgan fingerprint density at radius 1 is 1.12 bits per heavy atom. The van der Waals surface area contributed by atoms with E-state index in [0.29, 0.717) is 49.3 Å². The van der Waals surface area contributed by atoms with Crippen molar-refractivity contribution in [2.75, 3.05) is 43.6 Å². The highest BCUT2D eigenvalue weighted by atomic mass is 19.3. The first-order chi connectivity index (χ1) is 15.5. The number of nitrogens with one attached hydrogen (secondary N) is 1. The normalized spacial score (nSPS) is 13.8. The van der Waals surface area contributed by atoms with Crippen LogP contribution < -0.4 is 19.7 Å². The Balaban J connectivity index is 1.61. The van der Waals surface area contributed by atoms with Crippen LogP contribution in [0.4, 0.5) is 30.6 Å². The molecule has 1 saturated heterocycles. The zero-order valence-electron chi connectivity index (χ0n) is 17.1. The number of nitrogens with zero attached hydrogens (tertiary/aromatic N) is 4. The fourth-order valence-electron chi connectivity index (χ4n) is 3.23. The van der Waals surface area contributed by atoms with E-state index in [0.717, 1.165) is 6.07 Å². The maximum absolute atomic E-state index is 14.5. The lowest BCUT2D eigenvalue weighted by Crippen LogP contribution is -2.37. The number of pyridine rings is 1.